The molecule has 0 bridgehead atoms. The highest BCUT2D eigenvalue weighted by atomic mass is 16.1. The molecule has 0 saturated heterocycles. The summed E-state index contributed by atoms with van der Waals surface area (Å²) in [6.45, 7) is 4.11. The van der Waals surface area contributed by atoms with Crippen molar-refractivity contribution in [2.45, 2.75) is 13.8 Å². The number of rotatable bonds is 1. The molecule has 1 N–H and O–H groups in total. The molecule has 1 aromatic carbocycles. The van der Waals surface area contributed by atoms with E-state index in [2.05, 4.69) is 37.0 Å². The molecular weight excluding hydrogens is 186 g/mol. The van der Waals surface area contributed by atoms with Gasteiger partial charge < -0.3 is 4.98 Å². The van der Waals surface area contributed by atoms with E-state index in [4.69, 9.17) is 0 Å². The zero-order valence-corrected chi connectivity index (χ0v) is 8.87. The second kappa shape index (κ2) is 3.73. The van der Waals surface area contributed by atoms with Crippen molar-refractivity contribution in [3.8, 4) is 11.3 Å². The first kappa shape index (κ1) is 9.71. The summed E-state index contributed by atoms with van der Waals surface area (Å²) in [5.41, 5.74) is 4.37. The third-order valence-corrected chi connectivity index (χ3v) is 2.31. The number of hydrogen-bond acceptors (Lipinski definition) is 1. The van der Waals surface area contributed by atoms with Gasteiger partial charge in [-0.15, -0.1) is 0 Å². The minimum atomic E-state index is 0.0305. The van der Waals surface area contributed by atoms with E-state index in [1.54, 1.807) is 12.3 Å². The number of aryl methyl sites for hydroxylation is 2. The second-order valence-electron chi connectivity index (χ2n) is 3.81. The summed E-state index contributed by atoms with van der Waals surface area (Å²) in [7, 11) is 0. The summed E-state index contributed by atoms with van der Waals surface area (Å²) in [5, 5.41) is 0. The van der Waals surface area contributed by atoms with Gasteiger partial charge in [-0.05, 0) is 31.5 Å². The zero-order chi connectivity index (χ0) is 10.8. The van der Waals surface area contributed by atoms with Crippen molar-refractivity contribution in [2.75, 3.05) is 0 Å². The van der Waals surface area contributed by atoms with Gasteiger partial charge in [0.05, 0.1) is 0 Å². The van der Waals surface area contributed by atoms with Crippen LogP contribution in [-0.2, 0) is 0 Å². The molecule has 2 rings (SSSR count). The van der Waals surface area contributed by atoms with Gasteiger partial charge in [-0.25, -0.2) is 0 Å². The molecule has 0 aliphatic carbocycles. The highest BCUT2D eigenvalue weighted by Crippen LogP contribution is 2.18. The maximum Gasteiger partial charge on any atom is 0.182 e. The number of H-pyrrole nitrogens is 1. The maximum atomic E-state index is 11.2. The van der Waals surface area contributed by atoms with Crippen molar-refractivity contribution in [3.63, 3.8) is 0 Å². The second-order valence-corrected chi connectivity index (χ2v) is 3.81. The molecule has 2 heteroatoms. The number of benzene rings is 1. The first-order valence-electron chi connectivity index (χ1n) is 4.92. The number of hydrogen-bond donors (Lipinski definition) is 1. The van der Waals surface area contributed by atoms with Crippen molar-refractivity contribution >= 4 is 0 Å². The van der Waals surface area contributed by atoms with Crippen LogP contribution in [0.1, 0.15) is 11.1 Å². The molecule has 15 heavy (non-hydrogen) atoms. The Morgan fingerprint density at radius 1 is 1.00 bits per heavy atom. The fraction of sp³-hybridized carbons (Fsp3) is 0.154. The van der Waals surface area contributed by atoms with E-state index in [9.17, 15) is 4.79 Å². The summed E-state index contributed by atoms with van der Waals surface area (Å²) in [6.07, 6.45) is 1.68. The van der Waals surface area contributed by atoms with Gasteiger partial charge in [0.2, 0.25) is 0 Å². The van der Waals surface area contributed by atoms with Crippen LogP contribution in [0, 0.1) is 13.8 Å². The Hall–Kier alpha value is -1.83. The quantitative estimate of drug-likeness (QED) is 0.752. The number of nitrogens with one attached hydrogen (secondary N) is 1. The normalized spacial score (nSPS) is 10.3. The first-order valence-corrected chi connectivity index (χ1v) is 4.92. The topological polar surface area (TPSA) is 32.9 Å². The molecule has 1 aromatic heterocycles. The lowest BCUT2D eigenvalue weighted by Gasteiger charge is -2.04. The molecule has 0 spiro atoms. The van der Waals surface area contributed by atoms with Crippen molar-refractivity contribution in [1.29, 1.82) is 0 Å². The Labute approximate surface area is 88.6 Å². The van der Waals surface area contributed by atoms with Crippen LogP contribution in [0.15, 0.2) is 41.3 Å². The molecule has 0 unspecified atom stereocenters. The molecule has 2 nitrogen and oxygen atoms in total. The fourth-order valence-electron chi connectivity index (χ4n) is 1.74. The lowest BCUT2D eigenvalue weighted by molar-refractivity contribution is 1.29. The van der Waals surface area contributed by atoms with Crippen LogP contribution in [0.2, 0.25) is 0 Å². The highest BCUT2D eigenvalue weighted by Gasteiger charge is 1.99. The van der Waals surface area contributed by atoms with Crippen LogP contribution in [0.4, 0.5) is 0 Å². The van der Waals surface area contributed by atoms with Gasteiger partial charge in [0.15, 0.2) is 5.43 Å². The van der Waals surface area contributed by atoms with Crippen molar-refractivity contribution in [2.24, 2.45) is 0 Å². The molecule has 0 aliphatic heterocycles. The average Bonchev–Trinajstić information content (AvgIpc) is 2.16. The van der Waals surface area contributed by atoms with Crippen LogP contribution in [0.3, 0.4) is 0 Å². The van der Waals surface area contributed by atoms with Gasteiger partial charge in [0.1, 0.15) is 0 Å². The summed E-state index contributed by atoms with van der Waals surface area (Å²) in [6, 6.07) is 9.39. The minimum absolute atomic E-state index is 0.0305. The third kappa shape index (κ3) is 2.15. The van der Waals surface area contributed by atoms with Crippen LogP contribution < -0.4 is 5.43 Å². The third-order valence-electron chi connectivity index (χ3n) is 2.31. The lowest BCUT2D eigenvalue weighted by Crippen LogP contribution is -1.98. The summed E-state index contributed by atoms with van der Waals surface area (Å²) >= 11 is 0. The molecule has 0 aliphatic rings. The van der Waals surface area contributed by atoms with Gasteiger partial charge in [0, 0.05) is 24.0 Å². The van der Waals surface area contributed by atoms with E-state index in [0.29, 0.717) is 0 Å². The highest BCUT2D eigenvalue weighted by molar-refractivity contribution is 5.60. The predicted molar refractivity (Wildman–Crippen MR) is 62.0 cm³/mol. The van der Waals surface area contributed by atoms with E-state index < -0.39 is 0 Å². The summed E-state index contributed by atoms with van der Waals surface area (Å²) < 4.78 is 0. The standard InChI is InChI=1S/C13H13NO/c1-9-5-10(2)7-11(6-9)13-8-12(15)3-4-14-13/h3-8H,1-2H3,(H,14,15). The van der Waals surface area contributed by atoms with Gasteiger partial charge in [0.25, 0.3) is 0 Å². The van der Waals surface area contributed by atoms with Gasteiger partial charge in [-0.1, -0.05) is 17.2 Å². The van der Waals surface area contributed by atoms with Crippen LogP contribution >= 0.6 is 0 Å². The maximum absolute atomic E-state index is 11.2. The molecule has 0 fully saturated rings. The molecule has 0 amide bonds. The van der Waals surface area contributed by atoms with Crippen molar-refractivity contribution < 1.29 is 0 Å². The Morgan fingerprint density at radius 3 is 2.27 bits per heavy atom. The van der Waals surface area contributed by atoms with E-state index >= 15 is 0 Å². The molecule has 2 aromatic rings. The summed E-state index contributed by atoms with van der Waals surface area (Å²) in [5.74, 6) is 0. The Morgan fingerprint density at radius 2 is 1.67 bits per heavy atom. The average molecular weight is 199 g/mol. The Kier molecular flexibility index (Phi) is 2.42. The lowest BCUT2D eigenvalue weighted by atomic mass is 10.0. The molecule has 1 heterocycles. The van der Waals surface area contributed by atoms with Crippen LogP contribution in [0.5, 0.6) is 0 Å². The smallest absolute Gasteiger partial charge is 0.182 e. The SMILES string of the molecule is Cc1cc(C)cc(-c2cc(=O)cc[nH]2)c1. The van der Waals surface area contributed by atoms with Crippen molar-refractivity contribution in [1.82, 2.24) is 4.98 Å². The van der Waals surface area contributed by atoms with Crippen molar-refractivity contribution in [3.05, 3.63) is 57.9 Å². The Bertz CT molecular complexity index is 520. The number of aromatic amines is 1. The van der Waals surface area contributed by atoms with E-state index in [-0.39, 0.29) is 5.43 Å². The van der Waals surface area contributed by atoms with Crippen LogP contribution in [0.25, 0.3) is 11.3 Å². The van der Waals surface area contributed by atoms with Gasteiger partial charge in [-0.3, -0.25) is 4.79 Å². The van der Waals surface area contributed by atoms with Crippen LogP contribution in [-0.4, -0.2) is 4.98 Å². The molecule has 0 saturated carbocycles. The predicted octanol–water partition coefficient (Wildman–Crippen LogP) is 2.66. The van der Waals surface area contributed by atoms with Gasteiger partial charge in [-0.2, -0.15) is 0 Å². The van der Waals surface area contributed by atoms with E-state index in [1.165, 1.54) is 17.2 Å². The largest absolute Gasteiger partial charge is 0.361 e. The molecule has 76 valence electrons. The monoisotopic (exact) mass is 199 g/mol. The molecule has 0 radical (unpaired) electrons. The molecular formula is C13H13NO. The van der Waals surface area contributed by atoms with Gasteiger partial charge >= 0.3 is 0 Å². The minimum Gasteiger partial charge on any atom is -0.361 e. The van der Waals surface area contributed by atoms with E-state index in [0.717, 1.165) is 11.3 Å². The summed E-state index contributed by atoms with van der Waals surface area (Å²) in [4.78, 5) is 14.3. The Balaban J connectivity index is 2.58. The first-order chi connectivity index (χ1) is 7.15. The number of aromatic nitrogens is 1. The number of pyridine rings is 1. The zero-order valence-electron chi connectivity index (χ0n) is 8.87. The van der Waals surface area contributed by atoms with E-state index in [1.807, 2.05) is 0 Å². The fourth-order valence-corrected chi connectivity index (χ4v) is 1.74. The molecule has 0 atom stereocenters.